The van der Waals surface area contributed by atoms with Crippen molar-refractivity contribution in [3.63, 3.8) is 0 Å². The molecule has 8 nitrogen and oxygen atoms in total. The van der Waals surface area contributed by atoms with Crippen LogP contribution in [0, 0.1) is 16.2 Å². The number of carbonyl (C=O) groups excluding carboxylic acids is 6. The second kappa shape index (κ2) is 10.3. The summed E-state index contributed by atoms with van der Waals surface area (Å²) in [6, 6.07) is 0. The van der Waals surface area contributed by atoms with Gasteiger partial charge in [0.15, 0.2) is 5.78 Å². The molecule has 0 atom stereocenters. The topological polar surface area (TPSA) is 150 Å². The molecule has 0 saturated heterocycles. The summed E-state index contributed by atoms with van der Waals surface area (Å²) >= 11 is 0. The summed E-state index contributed by atoms with van der Waals surface area (Å²) in [6.45, 7) is 0. The number of hydrogen-bond acceptors (Lipinski definition) is 8. The fraction of sp³-hybridized carbons (Fsp3) is 0.273. The third-order valence-corrected chi connectivity index (χ3v) is 2.00. The van der Waals surface area contributed by atoms with Crippen LogP contribution in [0.1, 0.15) is 12.8 Å². The van der Waals surface area contributed by atoms with Crippen LogP contribution < -0.4 is 0 Å². The Labute approximate surface area is 107 Å². The Hall–Kier alpha value is -2.82. The van der Waals surface area contributed by atoms with E-state index in [2.05, 4.69) is 0 Å². The summed E-state index contributed by atoms with van der Waals surface area (Å²) in [7, 11) is 0. The monoisotopic (exact) mass is 266 g/mol. The molecule has 0 aromatic carbocycles. The van der Waals surface area contributed by atoms with Gasteiger partial charge >= 0.3 is 0 Å². The van der Waals surface area contributed by atoms with Crippen molar-refractivity contribution in [2.75, 3.05) is 0 Å². The minimum absolute atomic E-state index is 0.0369. The average molecular weight is 266 g/mol. The highest BCUT2D eigenvalue weighted by atomic mass is 16.1. The molecule has 0 aromatic rings. The quantitative estimate of drug-likeness (QED) is 0.308. The van der Waals surface area contributed by atoms with Gasteiger partial charge in [0.2, 0.25) is 12.2 Å². The predicted molar refractivity (Wildman–Crippen MR) is 59.8 cm³/mol. The minimum atomic E-state index is -1.30. The maximum Gasteiger partial charge on any atom is 0.231 e. The van der Waals surface area contributed by atoms with E-state index in [1.165, 1.54) is 6.08 Å². The van der Waals surface area contributed by atoms with Gasteiger partial charge in [-0.05, 0) is 18.1 Å². The molecule has 1 rings (SSSR count). The number of isocyanates is 2. The third-order valence-electron chi connectivity index (χ3n) is 2.00. The Morgan fingerprint density at radius 3 is 1.79 bits per heavy atom. The van der Waals surface area contributed by atoms with Gasteiger partial charge in [0, 0.05) is 6.42 Å². The Morgan fingerprint density at radius 2 is 1.47 bits per heavy atom. The minimum Gasteiger partial charge on any atom is -0.302 e. The Balaban J connectivity index is 0. The van der Waals surface area contributed by atoms with E-state index in [-0.39, 0.29) is 24.2 Å². The Bertz CT molecular complexity index is 434. The molecule has 1 aliphatic rings. The zero-order valence-electron chi connectivity index (χ0n) is 9.67. The first-order chi connectivity index (χ1) is 8.98. The second-order valence-corrected chi connectivity index (χ2v) is 3.33. The van der Waals surface area contributed by atoms with Crippen LogP contribution in [-0.4, -0.2) is 36.8 Å². The lowest BCUT2D eigenvalue weighted by Crippen LogP contribution is -2.31. The van der Waals surface area contributed by atoms with E-state index in [9.17, 15) is 19.2 Å². The normalized spacial score (nSPS) is 14.7. The number of ketones is 1. The van der Waals surface area contributed by atoms with Crippen molar-refractivity contribution in [1.29, 1.82) is 10.8 Å². The molecule has 100 valence electrons. The highest BCUT2D eigenvalue weighted by molar-refractivity contribution is 6.03. The van der Waals surface area contributed by atoms with E-state index in [1.54, 1.807) is 0 Å². The second-order valence-electron chi connectivity index (χ2n) is 3.33. The maximum absolute atomic E-state index is 11.0. The molecule has 0 unspecified atom stereocenters. The van der Waals surface area contributed by atoms with Crippen molar-refractivity contribution in [3.05, 3.63) is 11.6 Å². The molecule has 0 saturated carbocycles. The van der Waals surface area contributed by atoms with E-state index in [0.717, 1.165) is 12.2 Å². The van der Waals surface area contributed by atoms with Gasteiger partial charge in [-0.2, -0.15) is 0 Å². The molecule has 0 amide bonds. The van der Waals surface area contributed by atoms with Gasteiger partial charge in [0.05, 0.1) is 5.41 Å². The Morgan fingerprint density at radius 1 is 1.05 bits per heavy atom. The molecule has 0 heterocycles. The molecule has 2 N–H and O–H groups in total. The zero-order chi connectivity index (χ0) is 15.3. The molecule has 19 heavy (non-hydrogen) atoms. The molecule has 0 bridgehead atoms. The molecular weight excluding hydrogens is 256 g/mol. The molecule has 0 radical (unpaired) electrons. The lowest BCUT2D eigenvalue weighted by molar-refractivity contribution is -0.132. The van der Waals surface area contributed by atoms with Crippen LogP contribution in [0.3, 0.4) is 0 Å². The number of allylic oxidation sites excluding steroid dienone is 2. The standard InChI is InChI=1S/C9H8O4.2CHNO/c10-4-7-1-8(13)3-9(2-7,5-11)6-12;2*2-1-3/h1,4-6H,2-3H2;2*2H. The summed E-state index contributed by atoms with van der Waals surface area (Å²) < 4.78 is 0. The lowest BCUT2D eigenvalue weighted by atomic mass is 9.76. The number of carbonyl (C=O) groups is 4. The summed E-state index contributed by atoms with van der Waals surface area (Å²) in [5.74, 6) is -0.354. The number of rotatable bonds is 3. The van der Waals surface area contributed by atoms with Gasteiger partial charge in [0.1, 0.15) is 18.9 Å². The Kier molecular flexibility index (Phi) is 10.1. The molecule has 0 aliphatic heterocycles. The van der Waals surface area contributed by atoms with Crippen LogP contribution in [0.2, 0.25) is 0 Å². The molecule has 8 heteroatoms. The first-order valence-electron chi connectivity index (χ1n) is 4.68. The van der Waals surface area contributed by atoms with Crippen LogP contribution in [0.15, 0.2) is 11.6 Å². The SMILES string of the molecule is N=C=O.N=C=O.O=CC1=CC(=O)CC(C=O)(C=O)C1. The zero-order valence-corrected chi connectivity index (χ0v) is 9.67. The van der Waals surface area contributed by atoms with E-state index < -0.39 is 5.41 Å². The van der Waals surface area contributed by atoms with E-state index in [0.29, 0.717) is 18.9 Å². The number of hydrogen-bond donors (Lipinski definition) is 2. The molecule has 0 spiro atoms. The predicted octanol–water partition coefficient (Wildman–Crippen LogP) is -0.339. The molecule has 1 aliphatic carbocycles. The summed E-state index contributed by atoms with van der Waals surface area (Å²) in [5.41, 5.74) is -1.10. The fourth-order valence-corrected chi connectivity index (χ4v) is 1.35. The van der Waals surface area contributed by atoms with E-state index in [1.807, 2.05) is 0 Å². The van der Waals surface area contributed by atoms with Crippen LogP contribution in [0.4, 0.5) is 0 Å². The molecular formula is C11H10N2O6. The van der Waals surface area contributed by atoms with Crippen LogP contribution in [0.25, 0.3) is 0 Å². The van der Waals surface area contributed by atoms with Gasteiger partial charge in [-0.25, -0.2) is 20.4 Å². The van der Waals surface area contributed by atoms with E-state index >= 15 is 0 Å². The highest BCUT2D eigenvalue weighted by Crippen LogP contribution is 2.29. The van der Waals surface area contributed by atoms with Gasteiger partial charge in [-0.3, -0.25) is 9.59 Å². The summed E-state index contributed by atoms with van der Waals surface area (Å²) in [6.07, 6.45) is 3.96. The van der Waals surface area contributed by atoms with Crippen LogP contribution in [0.5, 0.6) is 0 Å². The van der Waals surface area contributed by atoms with Crippen molar-refractivity contribution >= 4 is 36.8 Å². The first kappa shape index (κ1) is 18.5. The van der Waals surface area contributed by atoms with Gasteiger partial charge in [0.25, 0.3) is 0 Å². The van der Waals surface area contributed by atoms with Crippen molar-refractivity contribution in [2.45, 2.75) is 12.8 Å². The maximum atomic E-state index is 11.0. The van der Waals surface area contributed by atoms with Crippen molar-refractivity contribution in [3.8, 4) is 0 Å². The van der Waals surface area contributed by atoms with Gasteiger partial charge in [-0.1, -0.05) is 0 Å². The number of aldehydes is 3. The van der Waals surface area contributed by atoms with Gasteiger partial charge < -0.3 is 9.59 Å². The van der Waals surface area contributed by atoms with Gasteiger partial charge in [-0.15, -0.1) is 0 Å². The van der Waals surface area contributed by atoms with E-state index in [4.69, 9.17) is 20.4 Å². The van der Waals surface area contributed by atoms with Crippen molar-refractivity contribution < 1.29 is 28.8 Å². The van der Waals surface area contributed by atoms with Crippen molar-refractivity contribution in [2.24, 2.45) is 5.41 Å². The summed E-state index contributed by atoms with van der Waals surface area (Å²) in [4.78, 5) is 59.3. The first-order valence-corrected chi connectivity index (χ1v) is 4.68. The smallest absolute Gasteiger partial charge is 0.231 e. The fourth-order valence-electron chi connectivity index (χ4n) is 1.35. The van der Waals surface area contributed by atoms with Crippen molar-refractivity contribution in [1.82, 2.24) is 0 Å². The van der Waals surface area contributed by atoms with Crippen LogP contribution in [-0.2, 0) is 28.8 Å². The lowest BCUT2D eigenvalue weighted by Gasteiger charge is -2.23. The molecule has 0 fully saturated rings. The van der Waals surface area contributed by atoms with Crippen LogP contribution >= 0.6 is 0 Å². The summed E-state index contributed by atoms with van der Waals surface area (Å²) in [5, 5.41) is 10.8. The third kappa shape index (κ3) is 7.17. The average Bonchev–Trinajstić information content (AvgIpc) is 2.39. The molecule has 0 aromatic heterocycles. The largest absolute Gasteiger partial charge is 0.302 e. The number of nitrogens with one attached hydrogen (secondary N) is 2. The highest BCUT2D eigenvalue weighted by Gasteiger charge is 2.36.